The van der Waals surface area contributed by atoms with Crippen molar-refractivity contribution in [3.63, 3.8) is 0 Å². The first-order valence-electron chi connectivity index (χ1n) is 1.88. The third-order valence-corrected chi connectivity index (χ3v) is 0.778. The van der Waals surface area contributed by atoms with Gasteiger partial charge in [-0.3, -0.25) is 5.32 Å². The molecular formula is C3H6Cl3N. The van der Waals surface area contributed by atoms with Gasteiger partial charge in [-0.2, -0.15) is 0 Å². The van der Waals surface area contributed by atoms with Crippen LogP contribution < -0.4 is 5.32 Å². The molecule has 0 unspecified atom stereocenters. The van der Waals surface area contributed by atoms with Gasteiger partial charge >= 0.3 is 0 Å². The first-order valence-corrected chi connectivity index (χ1v) is 3.01. The zero-order chi connectivity index (χ0) is 5.91. The Morgan fingerprint density at radius 2 is 1.86 bits per heavy atom. The molecule has 1 N–H and O–H groups in total. The Labute approximate surface area is 57.9 Å². The Morgan fingerprint density at radius 1 is 1.43 bits per heavy atom. The second-order valence-electron chi connectivity index (χ2n) is 1.03. The number of alkyl halides is 3. The van der Waals surface area contributed by atoms with Crippen molar-refractivity contribution in [1.82, 2.24) is 5.32 Å². The molecule has 0 radical (unpaired) electrons. The van der Waals surface area contributed by atoms with Crippen molar-refractivity contribution in [2.24, 2.45) is 0 Å². The Bertz CT molecular complexity index is 48.6. The van der Waals surface area contributed by atoms with Crippen LogP contribution in [0.15, 0.2) is 0 Å². The molecule has 0 aromatic carbocycles. The van der Waals surface area contributed by atoms with Crippen molar-refractivity contribution in [2.75, 3.05) is 6.54 Å². The molecule has 0 aliphatic carbocycles. The lowest BCUT2D eigenvalue weighted by Crippen LogP contribution is -2.27. The fraction of sp³-hybridized carbons (Fsp3) is 1.00. The van der Waals surface area contributed by atoms with Crippen LogP contribution in [0, 0.1) is 0 Å². The summed E-state index contributed by atoms with van der Waals surface area (Å²) in [5, 5.41) is 2.58. The van der Waals surface area contributed by atoms with Gasteiger partial charge < -0.3 is 0 Å². The summed E-state index contributed by atoms with van der Waals surface area (Å²) in [6, 6.07) is 0. The Balaban J connectivity index is 3.15. The van der Waals surface area contributed by atoms with E-state index in [4.69, 9.17) is 34.8 Å². The van der Waals surface area contributed by atoms with Gasteiger partial charge in [-0.05, 0) is 6.54 Å². The maximum atomic E-state index is 5.25. The molecule has 1 nitrogen and oxygen atoms in total. The molecule has 44 valence electrons. The molecule has 0 saturated heterocycles. The van der Waals surface area contributed by atoms with Crippen LogP contribution in [-0.4, -0.2) is 10.5 Å². The number of hydrogen-bond donors (Lipinski definition) is 1. The van der Waals surface area contributed by atoms with E-state index in [-0.39, 0.29) is 0 Å². The molecule has 0 heterocycles. The summed E-state index contributed by atoms with van der Waals surface area (Å²) in [7, 11) is 0. The first-order chi connectivity index (χ1) is 3.06. The van der Waals surface area contributed by atoms with Crippen molar-refractivity contribution < 1.29 is 0 Å². The van der Waals surface area contributed by atoms with E-state index in [0.717, 1.165) is 0 Å². The second-order valence-corrected chi connectivity index (χ2v) is 3.31. The minimum absolute atomic E-state index is 0.663. The summed E-state index contributed by atoms with van der Waals surface area (Å²) in [6.07, 6.45) is 0. The largest absolute Gasteiger partial charge is 0.273 e. The Kier molecular flexibility index (Phi) is 3.33. The van der Waals surface area contributed by atoms with E-state index in [2.05, 4.69) is 5.32 Å². The van der Waals surface area contributed by atoms with Gasteiger partial charge in [0.1, 0.15) is 0 Å². The van der Waals surface area contributed by atoms with Gasteiger partial charge in [-0.25, -0.2) is 0 Å². The van der Waals surface area contributed by atoms with Crippen LogP contribution in [0.25, 0.3) is 0 Å². The zero-order valence-electron chi connectivity index (χ0n) is 3.84. The van der Waals surface area contributed by atoms with Crippen molar-refractivity contribution in [2.45, 2.75) is 10.8 Å². The average Bonchev–Trinajstić information content (AvgIpc) is 1.30. The first kappa shape index (κ1) is 7.83. The lowest BCUT2D eigenvalue weighted by Gasteiger charge is -2.08. The fourth-order valence-electron chi connectivity index (χ4n) is 0.200. The molecule has 0 saturated carbocycles. The van der Waals surface area contributed by atoms with E-state index in [1.54, 1.807) is 0 Å². The monoisotopic (exact) mass is 161 g/mol. The lowest BCUT2D eigenvalue weighted by molar-refractivity contribution is 0.754. The van der Waals surface area contributed by atoms with E-state index >= 15 is 0 Å². The summed E-state index contributed by atoms with van der Waals surface area (Å²) < 4.78 is -1.28. The minimum Gasteiger partial charge on any atom is -0.273 e. The highest BCUT2D eigenvalue weighted by atomic mass is 35.6. The van der Waals surface area contributed by atoms with Gasteiger partial charge in [0.15, 0.2) is 0 Å². The quantitative estimate of drug-likeness (QED) is 0.459. The molecule has 0 bridgehead atoms. The fourth-order valence-corrected chi connectivity index (χ4v) is 0.601. The van der Waals surface area contributed by atoms with Crippen LogP contribution >= 0.6 is 34.8 Å². The molecule has 0 aromatic heterocycles. The summed E-state index contributed by atoms with van der Waals surface area (Å²) in [4.78, 5) is 0. The third kappa shape index (κ3) is 6.83. The Hall–Kier alpha value is 0.830. The molecule has 0 rings (SSSR count). The number of hydrogen-bond acceptors (Lipinski definition) is 1. The lowest BCUT2D eigenvalue weighted by atomic mass is 10.8. The predicted octanol–water partition coefficient (Wildman–Crippen LogP) is 1.92. The zero-order valence-corrected chi connectivity index (χ0v) is 6.11. The van der Waals surface area contributed by atoms with Crippen LogP contribution in [0.5, 0.6) is 0 Å². The number of halogens is 3. The third-order valence-electron chi connectivity index (χ3n) is 0.377. The highest BCUT2D eigenvalue weighted by Gasteiger charge is 2.15. The predicted molar refractivity (Wildman–Crippen MR) is 34.0 cm³/mol. The molecular weight excluding hydrogens is 156 g/mol. The minimum atomic E-state index is -1.28. The van der Waals surface area contributed by atoms with Crippen molar-refractivity contribution in [3.05, 3.63) is 0 Å². The molecule has 4 heteroatoms. The van der Waals surface area contributed by atoms with Crippen LogP contribution in [-0.2, 0) is 0 Å². The van der Waals surface area contributed by atoms with E-state index in [1.165, 1.54) is 0 Å². The van der Waals surface area contributed by atoms with E-state index in [0.29, 0.717) is 6.54 Å². The molecule has 0 aromatic rings. The molecule has 0 aliphatic heterocycles. The number of nitrogens with one attached hydrogen (secondary N) is 1. The molecule has 0 aliphatic rings. The van der Waals surface area contributed by atoms with Gasteiger partial charge in [0, 0.05) is 0 Å². The maximum absolute atomic E-state index is 5.25. The molecule has 7 heavy (non-hydrogen) atoms. The van der Waals surface area contributed by atoms with E-state index in [9.17, 15) is 0 Å². The van der Waals surface area contributed by atoms with Crippen molar-refractivity contribution >= 4 is 34.8 Å². The van der Waals surface area contributed by atoms with E-state index in [1.807, 2.05) is 6.92 Å². The standard InChI is InChI=1S/C3H6Cl3N/c1-2-7-3(4,5)6/h7H,2H2,1H3. The summed E-state index contributed by atoms with van der Waals surface area (Å²) in [5.41, 5.74) is 0. The average molecular weight is 162 g/mol. The van der Waals surface area contributed by atoms with Crippen LogP contribution in [0.4, 0.5) is 0 Å². The van der Waals surface area contributed by atoms with Gasteiger partial charge in [0.25, 0.3) is 0 Å². The van der Waals surface area contributed by atoms with Gasteiger partial charge in [-0.15, -0.1) is 0 Å². The normalized spacial score (nSPS) is 12.0. The maximum Gasteiger partial charge on any atom is 0.245 e. The molecule has 0 amide bonds. The number of rotatable bonds is 1. The molecule has 0 atom stereocenters. The van der Waals surface area contributed by atoms with Crippen LogP contribution in [0.3, 0.4) is 0 Å². The summed E-state index contributed by atoms with van der Waals surface area (Å²) in [6.45, 7) is 2.53. The summed E-state index contributed by atoms with van der Waals surface area (Å²) in [5.74, 6) is 0. The van der Waals surface area contributed by atoms with Gasteiger partial charge in [-0.1, -0.05) is 41.7 Å². The molecule has 0 fully saturated rings. The highest BCUT2D eigenvalue weighted by Crippen LogP contribution is 2.20. The van der Waals surface area contributed by atoms with Crippen molar-refractivity contribution in [3.8, 4) is 0 Å². The van der Waals surface area contributed by atoms with E-state index < -0.39 is 3.92 Å². The smallest absolute Gasteiger partial charge is 0.245 e. The van der Waals surface area contributed by atoms with Gasteiger partial charge in [0.2, 0.25) is 3.92 Å². The van der Waals surface area contributed by atoms with Crippen LogP contribution in [0.2, 0.25) is 0 Å². The van der Waals surface area contributed by atoms with Gasteiger partial charge in [0.05, 0.1) is 0 Å². The van der Waals surface area contributed by atoms with Crippen LogP contribution in [0.1, 0.15) is 6.92 Å². The molecule has 0 spiro atoms. The SMILES string of the molecule is CCNC(Cl)(Cl)Cl. The second kappa shape index (κ2) is 2.98. The van der Waals surface area contributed by atoms with Crippen molar-refractivity contribution in [1.29, 1.82) is 0 Å². The summed E-state index contributed by atoms with van der Waals surface area (Å²) >= 11 is 15.8. The Morgan fingerprint density at radius 3 is 1.86 bits per heavy atom. The highest BCUT2D eigenvalue weighted by molar-refractivity contribution is 6.67. The topological polar surface area (TPSA) is 12.0 Å².